The molecule has 2 rings (SSSR count). The average Bonchev–Trinajstić information content (AvgIpc) is 2.95. The van der Waals surface area contributed by atoms with Crippen molar-refractivity contribution in [1.29, 1.82) is 0 Å². The van der Waals surface area contributed by atoms with Gasteiger partial charge in [0.15, 0.2) is 0 Å². The van der Waals surface area contributed by atoms with Crippen molar-refractivity contribution in [3.05, 3.63) is 16.4 Å². The van der Waals surface area contributed by atoms with Crippen molar-refractivity contribution in [2.45, 2.75) is 26.7 Å². The molecular formula is C11H18N4O2. The zero-order valence-corrected chi connectivity index (χ0v) is 10.4. The van der Waals surface area contributed by atoms with Crippen LogP contribution in [0.25, 0.3) is 0 Å². The van der Waals surface area contributed by atoms with Crippen molar-refractivity contribution in [2.75, 3.05) is 11.9 Å². The van der Waals surface area contributed by atoms with Crippen LogP contribution in [0.4, 0.5) is 11.6 Å². The molecule has 1 saturated carbocycles. The average molecular weight is 238 g/mol. The molecule has 17 heavy (non-hydrogen) atoms. The molecule has 94 valence electrons. The minimum Gasteiger partial charge on any atom is -0.364 e. The molecule has 1 aromatic rings. The number of imidazole rings is 1. The van der Waals surface area contributed by atoms with Gasteiger partial charge in [-0.1, -0.05) is 13.8 Å². The van der Waals surface area contributed by atoms with Crippen LogP contribution < -0.4 is 5.32 Å². The van der Waals surface area contributed by atoms with E-state index in [1.807, 2.05) is 0 Å². The van der Waals surface area contributed by atoms with Crippen LogP contribution >= 0.6 is 0 Å². The van der Waals surface area contributed by atoms with E-state index < -0.39 is 4.92 Å². The molecule has 1 heterocycles. The van der Waals surface area contributed by atoms with Crippen LogP contribution in [0.2, 0.25) is 0 Å². The molecule has 1 aliphatic rings. The number of hydrogen-bond acceptors (Lipinski definition) is 4. The van der Waals surface area contributed by atoms with Crippen molar-refractivity contribution in [2.24, 2.45) is 18.4 Å². The highest BCUT2D eigenvalue weighted by Crippen LogP contribution is 2.51. The van der Waals surface area contributed by atoms with E-state index in [2.05, 4.69) is 24.1 Å². The molecule has 1 N–H and O–H groups in total. The fourth-order valence-electron chi connectivity index (χ4n) is 2.13. The maximum absolute atomic E-state index is 10.8. The molecule has 0 aromatic carbocycles. The zero-order valence-electron chi connectivity index (χ0n) is 10.4. The zero-order chi connectivity index (χ0) is 12.6. The first kappa shape index (κ1) is 11.9. The maximum atomic E-state index is 10.8. The number of hydrogen-bond donors (Lipinski definition) is 1. The van der Waals surface area contributed by atoms with E-state index >= 15 is 0 Å². The summed E-state index contributed by atoms with van der Waals surface area (Å²) in [5, 5.41) is 14.0. The highest BCUT2D eigenvalue weighted by Gasteiger charge is 2.45. The molecule has 0 unspecified atom stereocenters. The third kappa shape index (κ3) is 2.11. The largest absolute Gasteiger partial charge is 0.406 e. The van der Waals surface area contributed by atoms with Crippen molar-refractivity contribution >= 4 is 11.6 Å². The lowest BCUT2D eigenvalue weighted by molar-refractivity contribution is -0.388. The van der Waals surface area contributed by atoms with Gasteiger partial charge < -0.3 is 15.4 Å². The summed E-state index contributed by atoms with van der Waals surface area (Å²) in [6, 6.07) is 0. The highest BCUT2D eigenvalue weighted by molar-refractivity contribution is 5.52. The minimum absolute atomic E-state index is 0.0907. The number of nitro groups is 1. The van der Waals surface area contributed by atoms with Gasteiger partial charge in [-0.05, 0) is 34.1 Å². The van der Waals surface area contributed by atoms with Gasteiger partial charge in [0.2, 0.25) is 12.1 Å². The van der Waals surface area contributed by atoms with E-state index in [-0.39, 0.29) is 5.82 Å². The first-order valence-electron chi connectivity index (χ1n) is 5.86. The van der Waals surface area contributed by atoms with Gasteiger partial charge in [-0.2, -0.15) is 0 Å². The van der Waals surface area contributed by atoms with E-state index in [1.54, 1.807) is 11.6 Å². The summed E-state index contributed by atoms with van der Waals surface area (Å²) in [6.45, 7) is 5.18. The second kappa shape index (κ2) is 4.01. The summed E-state index contributed by atoms with van der Waals surface area (Å²) in [6.07, 6.45) is 3.86. The SMILES string of the molecule is CC(C)C1(CNc2c([N+](=O)[O-])ncn2C)CC1. The molecule has 0 amide bonds. The topological polar surface area (TPSA) is 73.0 Å². The number of aryl methyl sites for hydroxylation is 1. The van der Waals surface area contributed by atoms with Gasteiger partial charge in [-0.15, -0.1) is 0 Å². The smallest absolute Gasteiger partial charge is 0.364 e. The van der Waals surface area contributed by atoms with Crippen LogP contribution in [-0.4, -0.2) is 21.0 Å². The Labute approximate surface area is 100 Å². The molecule has 1 fully saturated rings. The molecule has 0 radical (unpaired) electrons. The maximum Gasteiger partial charge on any atom is 0.406 e. The monoisotopic (exact) mass is 238 g/mol. The van der Waals surface area contributed by atoms with E-state index in [0.29, 0.717) is 17.2 Å². The molecule has 1 aliphatic carbocycles. The highest BCUT2D eigenvalue weighted by atomic mass is 16.6. The third-order valence-electron chi connectivity index (χ3n) is 3.82. The Bertz CT molecular complexity index is 435. The molecule has 0 spiro atoms. The van der Waals surface area contributed by atoms with E-state index in [1.165, 1.54) is 19.2 Å². The van der Waals surface area contributed by atoms with Crippen molar-refractivity contribution in [3.63, 3.8) is 0 Å². The van der Waals surface area contributed by atoms with Gasteiger partial charge in [0.1, 0.15) is 0 Å². The Balaban J connectivity index is 2.09. The van der Waals surface area contributed by atoms with E-state index in [0.717, 1.165) is 6.54 Å². The Kier molecular flexibility index (Phi) is 2.81. The summed E-state index contributed by atoms with van der Waals surface area (Å²) >= 11 is 0. The number of aromatic nitrogens is 2. The van der Waals surface area contributed by atoms with Gasteiger partial charge in [-0.3, -0.25) is 4.57 Å². The molecular weight excluding hydrogens is 220 g/mol. The number of nitrogens with zero attached hydrogens (tertiary/aromatic N) is 3. The van der Waals surface area contributed by atoms with Crippen LogP contribution in [0.15, 0.2) is 6.33 Å². The normalized spacial score (nSPS) is 17.2. The van der Waals surface area contributed by atoms with E-state index in [4.69, 9.17) is 0 Å². The standard InChI is InChI=1S/C11H18N4O2/c1-8(2)11(4-5-11)6-12-9-10(15(16)17)13-7-14(9)3/h7-8,12H,4-6H2,1-3H3. The first-order chi connectivity index (χ1) is 7.96. The van der Waals surface area contributed by atoms with Crippen molar-refractivity contribution in [3.8, 4) is 0 Å². The van der Waals surface area contributed by atoms with Crippen LogP contribution in [-0.2, 0) is 7.05 Å². The molecule has 6 heteroatoms. The summed E-state index contributed by atoms with van der Waals surface area (Å²) in [5.41, 5.74) is 0.318. The number of nitrogens with one attached hydrogen (secondary N) is 1. The second-order valence-corrected chi connectivity index (χ2v) is 5.16. The Morgan fingerprint density at radius 2 is 2.29 bits per heavy atom. The number of rotatable bonds is 5. The molecule has 0 saturated heterocycles. The molecule has 0 aliphatic heterocycles. The molecule has 0 atom stereocenters. The fourth-order valence-corrected chi connectivity index (χ4v) is 2.13. The Morgan fingerprint density at radius 1 is 1.65 bits per heavy atom. The summed E-state index contributed by atoms with van der Waals surface area (Å²) in [7, 11) is 1.76. The number of anilines is 1. The Hall–Kier alpha value is -1.59. The lowest BCUT2D eigenvalue weighted by Gasteiger charge is -2.20. The fraction of sp³-hybridized carbons (Fsp3) is 0.727. The summed E-state index contributed by atoms with van der Waals surface area (Å²) < 4.78 is 1.66. The van der Waals surface area contributed by atoms with Gasteiger partial charge in [0, 0.05) is 13.6 Å². The van der Waals surface area contributed by atoms with Crippen molar-refractivity contribution < 1.29 is 4.92 Å². The summed E-state index contributed by atoms with van der Waals surface area (Å²) in [4.78, 5) is 14.1. The van der Waals surface area contributed by atoms with Crippen LogP contribution in [0.5, 0.6) is 0 Å². The minimum atomic E-state index is -0.447. The predicted octanol–water partition coefficient (Wildman–Crippen LogP) is 2.18. The van der Waals surface area contributed by atoms with Gasteiger partial charge in [0.05, 0.1) is 0 Å². The Morgan fingerprint density at radius 3 is 2.76 bits per heavy atom. The van der Waals surface area contributed by atoms with Crippen LogP contribution in [0.3, 0.4) is 0 Å². The summed E-state index contributed by atoms with van der Waals surface area (Å²) in [5.74, 6) is 1.01. The van der Waals surface area contributed by atoms with Gasteiger partial charge >= 0.3 is 5.82 Å². The predicted molar refractivity (Wildman–Crippen MR) is 64.9 cm³/mol. The van der Waals surface area contributed by atoms with Gasteiger partial charge in [0.25, 0.3) is 0 Å². The molecule has 1 aromatic heterocycles. The molecule has 0 bridgehead atoms. The van der Waals surface area contributed by atoms with E-state index in [9.17, 15) is 10.1 Å². The van der Waals surface area contributed by atoms with Crippen LogP contribution in [0.1, 0.15) is 26.7 Å². The van der Waals surface area contributed by atoms with Crippen molar-refractivity contribution in [1.82, 2.24) is 9.55 Å². The molecule has 6 nitrogen and oxygen atoms in total. The second-order valence-electron chi connectivity index (χ2n) is 5.16. The van der Waals surface area contributed by atoms with Crippen LogP contribution in [0, 0.1) is 21.4 Å². The van der Waals surface area contributed by atoms with Gasteiger partial charge in [-0.25, -0.2) is 0 Å². The lowest BCUT2D eigenvalue weighted by Crippen LogP contribution is -2.22. The third-order valence-corrected chi connectivity index (χ3v) is 3.82. The first-order valence-corrected chi connectivity index (χ1v) is 5.86. The lowest BCUT2D eigenvalue weighted by atomic mass is 9.92. The quantitative estimate of drug-likeness (QED) is 0.630.